The van der Waals surface area contributed by atoms with Crippen LogP contribution in [0.3, 0.4) is 0 Å². The molecule has 1 aliphatic carbocycles. The SMILES string of the molecule is N#Cc1ccc2c(c1)C(O)(C(F)(F)F)c1ccccc1-2. The third kappa shape index (κ3) is 1.43. The number of nitrogens with zero attached hydrogens (tertiary/aromatic N) is 1. The predicted octanol–water partition coefficient (Wildman–Crippen LogP) is 3.34. The van der Waals surface area contributed by atoms with Crippen LogP contribution >= 0.6 is 0 Å². The Balaban J connectivity index is 2.41. The van der Waals surface area contributed by atoms with Gasteiger partial charge < -0.3 is 5.11 Å². The molecule has 0 aliphatic heterocycles. The molecular weight excluding hydrogens is 267 g/mol. The lowest BCUT2D eigenvalue weighted by atomic mass is 9.90. The summed E-state index contributed by atoms with van der Waals surface area (Å²) in [5.41, 5.74) is -2.82. The van der Waals surface area contributed by atoms with Crippen LogP contribution in [0.25, 0.3) is 11.1 Å². The second kappa shape index (κ2) is 3.84. The molecule has 1 aliphatic rings. The molecule has 20 heavy (non-hydrogen) atoms. The first-order valence-electron chi connectivity index (χ1n) is 5.83. The molecule has 0 saturated heterocycles. The van der Waals surface area contributed by atoms with Crippen molar-refractivity contribution in [1.82, 2.24) is 0 Å². The van der Waals surface area contributed by atoms with Gasteiger partial charge in [0.15, 0.2) is 0 Å². The third-order valence-corrected chi connectivity index (χ3v) is 3.56. The van der Waals surface area contributed by atoms with Crippen molar-refractivity contribution in [3.63, 3.8) is 0 Å². The first-order chi connectivity index (χ1) is 9.39. The van der Waals surface area contributed by atoms with E-state index in [2.05, 4.69) is 0 Å². The number of fused-ring (bicyclic) bond motifs is 3. The Morgan fingerprint density at radius 1 is 1.00 bits per heavy atom. The third-order valence-electron chi connectivity index (χ3n) is 3.56. The van der Waals surface area contributed by atoms with Gasteiger partial charge in [0, 0.05) is 11.1 Å². The number of nitriles is 1. The maximum absolute atomic E-state index is 13.4. The number of benzene rings is 2. The van der Waals surface area contributed by atoms with Crippen molar-refractivity contribution in [3.8, 4) is 17.2 Å². The molecule has 0 heterocycles. The van der Waals surface area contributed by atoms with Crippen LogP contribution in [0, 0.1) is 11.3 Å². The molecule has 100 valence electrons. The van der Waals surface area contributed by atoms with Crippen molar-refractivity contribution in [1.29, 1.82) is 5.26 Å². The van der Waals surface area contributed by atoms with Crippen molar-refractivity contribution in [2.45, 2.75) is 11.8 Å². The fourth-order valence-electron chi connectivity index (χ4n) is 2.63. The van der Waals surface area contributed by atoms with Gasteiger partial charge in [-0.25, -0.2) is 0 Å². The highest BCUT2D eigenvalue weighted by molar-refractivity contribution is 5.81. The normalized spacial score (nSPS) is 20.1. The summed E-state index contributed by atoms with van der Waals surface area (Å²) in [7, 11) is 0. The first-order valence-corrected chi connectivity index (χ1v) is 5.83. The standard InChI is InChI=1S/C15H8F3NO/c16-15(17,18)14(20)12-4-2-1-3-10(12)11-6-5-9(8-19)7-13(11)14/h1-7,20H. The zero-order chi connectivity index (χ0) is 14.5. The summed E-state index contributed by atoms with van der Waals surface area (Å²) in [5.74, 6) is 0. The lowest BCUT2D eigenvalue weighted by molar-refractivity contribution is -0.246. The lowest BCUT2D eigenvalue weighted by Crippen LogP contribution is -2.41. The quantitative estimate of drug-likeness (QED) is 0.801. The molecular formula is C15H8F3NO. The molecule has 1 N–H and O–H groups in total. The molecule has 0 amide bonds. The Morgan fingerprint density at radius 2 is 1.65 bits per heavy atom. The van der Waals surface area contributed by atoms with Gasteiger partial charge in [0.05, 0.1) is 11.6 Å². The van der Waals surface area contributed by atoms with E-state index >= 15 is 0 Å². The topological polar surface area (TPSA) is 44.0 Å². The van der Waals surface area contributed by atoms with E-state index in [1.165, 1.54) is 30.3 Å². The van der Waals surface area contributed by atoms with Gasteiger partial charge in [-0.1, -0.05) is 30.3 Å². The number of halogens is 3. The highest BCUT2D eigenvalue weighted by Gasteiger charge is 2.60. The summed E-state index contributed by atoms with van der Waals surface area (Å²) >= 11 is 0. The molecule has 3 rings (SSSR count). The first kappa shape index (κ1) is 12.7. The highest BCUT2D eigenvalue weighted by atomic mass is 19.4. The van der Waals surface area contributed by atoms with E-state index in [-0.39, 0.29) is 16.7 Å². The van der Waals surface area contributed by atoms with E-state index in [0.717, 1.165) is 6.07 Å². The summed E-state index contributed by atoms with van der Waals surface area (Å²) in [6, 6.07) is 11.6. The average Bonchev–Trinajstić information content (AvgIpc) is 2.70. The molecule has 2 aromatic rings. The van der Waals surface area contributed by atoms with Crippen molar-refractivity contribution in [3.05, 3.63) is 59.2 Å². The van der Waals surface area contributed by atoms with E-state index in [9.17, 15) is 18.3 Å². The molecule has 0 aromatic heterocycles. The molecule has 2 nitrogen and oxygen atoms in total. The minimum atomic E-state index is -4.86. The Bertz CT molecular complexity index is 746. The van der Waals surface area contributed by atoms with Gasteiger partial charge in [-0.3, -0.25) is 0 Å². The lowest BCUT2D eigenvalue weighted by Gasteiger charge is -2.28. The van der Waals surface area contributed by atoms with Gasteiger partial charge in [0.2, 0.25) is 5.60 Å². The largest absolute Gasteiger partial charge is 0.425 e. The summed E-state index contributed by atoms with van der Waals surface area (Å²) in [6.45, 7) is 0. The summed E-state index contributed by atoms with van der Waals surface area (Å²) in [5, 5.41) is 19.2. The number of hydrogen-bond donors (Lipinski definition) is 1. The smallest absolute Gasteiger partial charge is 0.372 e. The fraction of sp³-hybridized carbons (Fsp3) is 0.133. The van der Waals surface area contributed by atoms with E-state index in [1.54, 1.807) is 12.1 Å². The van der Waals surface area contributed by atoms with Crippen LogP contribution in [0.1, 0.15) is 16.7 Å². The molecule has 2 aromatic carbocycles. The average molecular weight is 275 g/mol. The zero-order valence-electron chi connectivity index (χ0n) is 10.1. The van der Waals surface area contributed by atoms with E-state index in [0.29, 0.717) is 11.1 Å². The van der Waals surface area contributed by atoms with Gasteiger partial charge in [-0.2, -0.15) is 18.4 Å². The molecule has 1 unspecified atom stereocenters. The number of alkyl halides is 3. The van der Waals surface area contributed by atoms with Crippen LogP contribution in [-0.2, 0) is 5.60 Å². The molecule has 0 saturated carbocycles. The van der Waals surface area contributed by atoms with Crippen LogP contribution in [-0.4, -0.2) is 11.3 Å². The second-order valence-corrected chi connectivity index (χ2v) is 4.63. The van der Waals surface area contributed by atoms with E-state index in [1.807, 2.05) is 0 Å². The minimum Gasteiger partial charge on any atom is -0.372 e. The Labute approximate surface area is 112 Å². The molecule has 0 radical (unpaired) electrons. The van der Waals surface area contributed by atoms with Crippen molar-refractivity contribution < 1.29 is 18.3 Å². The van der Waals surface area contributed by atoms with Gasteiger partial charge in [-0.15, -0.1) is 0 Å². The zero-order valence-corrected chi connectivity index (χ0v) is 10.1. The van der Waals surface area contributed by atoms with Gasteiger partial charge in [0.1, 0.15) is 0 Å². The maximum Gasteiger partial charge on any atom is 0.425 e. The molecule has 5 heteroatoms. The maximum atomic E-state index is 13.4. The van der Waals surface area contributed by atoms with E-state index in [4.69, 9.17) is 5.26 Å². The van der Waals surface area contributed by atoms with Gasteiger partial charge >= 0.3 is 6.18 Å². The monoisotopic (exact) mass is 275 g/mol. The Hall–Kier alpha value is -2.32. The molecule has 0 bridgehead atoms. The van der Waals surface area contributed by atoms with Crippen LogP contribution in [0.15, 0.2) is 42.5 Å². The van der Waals surface area contributed by atoms with Gasteiger partial charge in [0.25, 0.3) is 0 Å². The number of rotatable bonds is 0. The summed E-state index contributed by atoms with van der Waals surface area (Å²) < 4.78 is 40.2. The fourth-order valence-corrected chi connectivity index (χ4v) is 2.63. The molecule has 0 spiro atoms. The van der Waals surface area contributed by atoms with Crippen molar-refractivity contribution in [2.75, 3.05) is 0 Å². The molecule has 1 atom stereocenters. The van der Waals surface area contributed by atoms with Crippen molar-refractivity contribution in [2.24, 2.45) is 0 Å². The second-order valence-electron chi connectivity index (χ2n) is 4.63. The number of hydrogen-bond acceptors (Lipinski definition) is 2. The summed E-state index contributed by atoms with van der Waals surface area (Å²) in [4.78, 5) is 0. The van der Waals surface area contributed by atoms with Crippen molar-refractivity contribution >= 4 is 0 Å². The number of aliphatic hydroxyl groups is 1. The predicted molar refractivity (Wildman–Crippen MR) is 65.6 cm³/mol. The van der Waals surface area contributed by atoms with Crippen LogP contribution in [0.2, 0.25) is 0 Å². The highest BCUT2D eigenvalue weighted by Crippen LogP contribution is 2.54. The molecule has 0 fully saturated rings. The minimum absolute atomic E-state index is 0.0826. The summed E-state index contributed by atoms with van der Waals surface area (Å²) in [6.07, 6.45) is -4.86. The Kier molecular flexibility index (Phi) is 2.44. The Morgan fingerprint density at radius 3 is 2.30 bits per heavy atom. The van der Waals surface area contributed by atoms with Crippen LogP contribution in [0.4, 0.5) is 13.2 Å². The van der Waals surface area contributed by atoms with Gasteiger partial charge in [-0.05, 0) is 23.3 Å². The van der Waals surface area contributed by atoms with Crippen LogP contribution < -0.4 is 0 Å². The van der Waals surface area contributed by atoms with E-state index < -0.39 is 11.8 Å². The van der Waals surface area contributed by atoms with Crippen LogP contribution in [0.5, 0.6) is 0 Å².